The zero-order valence-electron chi connectivity index (χ0n) is 13.8. The molecule has 2 nitrogen and oxygen atoms in total. The van der Waals surface area contributed by atoms with Crippen LogP contribution < -0.4 is 10.6 Å². The minimum atomic E-state index is 0.214. The number of hydrogen-bond donors (Lipinski definition) is 2. The summed E-state index contributed by atoms with van der Waals surface area (Å²) in [5, 5.41) is 6.71. The minimum absolute atomic E-state index is 0.214. The first kappa shape index (κ1) is 16.6. The van der Waals surface area contributed by atoms with Crippen LogP contribution in [0.4, 0.5) is 0 Å². The van der Waals surface area contributed by atoms with Gasteiger partial charge in [-0.05, 0) is 28.9 Å². The smallest absolute Gasteiger partial charge is 0.123 e. The second-order valence-corrected chi connectivity index (χ2v) is 5.61. The van der Waals surface area contributed by atoms with Gasteiger partial charge in [-0.2, -0.15) is 0 Å². The van der Waals surface area contributed by atoms with Gasteiger partial charge in [0.1, 0.15) is 6.17 Å². The van der Waals surface area contributed by atoms with Crippen LogP contribution in [0.5, 0.6) is 0 Å². The van der Waals surface area contributed by atoms with E-state index >= 15 is 0 Å². The predicted molar refractivity (Wildman–Crippen MR) is 88.4 cm³/mol. The molecule has 1 aliphatic rings. The predicted octanol–water partition coefficient (Wildman–Crippen LogP) is 4.70. The molecule has 1 aliphatic heterocycles. The maximum absolute atomic E-state index is 3.36. The van der Waals surface area contributed by atoms with E-state index in [9.17, 15) is 0 Å². The van der Waals surface area contributed by atoms with Crippen molar-refractivity contribution in [2.45, 2.75) is 59.5 Å². The van der Waals surface area contributed by atoms with Crippen molar-refractivity contribution in [1.82, 2.24) is 10.6 Å². The molecule has 1 heterocycles. The molecule has 2 heteroatoms. The summed E-state index contributed by atoms with van der Waals surface area (Å²) in [5.41, 5.74) is 3.04. The summed E-state index contributed by atoms with van der Waals surface area (Å²) < 4.78 is 0. The minimum Gasteiger partial charge on any atom is -0.366 e. The van der Waals surface area contributed by atoms with E-state index in [1.807, 2.05) is 26.2 Å². The van der Waals surface area contributed by atoms with Crippen molar-refractivity contribution in [3.63, 3.8) is 0 Å². The Hall–Kier alpha value is -1.44. The van der Waals surface area contributed by atoms with Crippen LogP contribution in [0.3, 0.4) is 0 Å². The molecule has 0 saturated carbocycles. The third-order valence-corrected chi connectivity index (χ3v) is 4.50. The number of hydrogen-bond acceptors (Lipinski definition) is 2. The van der Waals surface area contributed by atoms with E-state index in [1.165, 1.54) is 11.1 Å². The van der Waals surface area contributed by atoms with E-state index in [-0.39, 0.29) is 11.6 Å². The molecular formula is C18H30N2. The molecule has 0 amide bonds. The van der Waals surface area contributed by atoms with Crippen molar-refractivity contribution in [3.05, 3.63) is 47.8 Å². The Morgan fingerprint density at radius 2 is 1.65 bits per heavy atom. The summed E-state index contributed by atoms with van der Waals surface area (Å²) >= 11 is 0. The second kappa shape index (κ2) is 7.37. The zero-order valence-corrected chi connectivity index (χ0v) is 13.8. The molecular weight excluding hydrogens is 244 g/mol. The third kappa shape index (κ3) is 3.17. The first-order valence-electron chi connectivity index (χ1n) is 7.86. The van der Waals surface area contributed by atoms with E-state index in [0.717, 1.165) is 6.42 Å². The maximum atomic E-state index is 3.36. The van der Waals surface area contributed by atoms with Gasteiger partial charge in [0, 0.05) is 12.4 Å². The summed E-state index contributed by atoms with van der Waals surface area (Å²) in [5.74, 6) is 0.623. The topological polar surface area (TPSA) is 24.1 Å². The lowest BCUT2D eigenvalue weighted by atomic mass is 9.69. The van der Waals surface area contributed by atoms with Gasteiger partial charge in [0.15, 0.2) is 0 Å². The van der Waals surface area contributed by atoms with Gasteiger partial charge in [0.25, 0.3) is 0 Å². The van der Waals surface area contributed by atoms with Gasteiger partial charge < -0.3 is 10.6 Å². The van der Waals surface area contributed by atoms with Crippen molar-refractivity contribution in [2.75, 3.05) is 0 Å². The second-order valence-electron chi connectivity index (χ2n) is 5.61. The molecule has 20 heavy (non-hydrogen) atoms. The van der Waals surface area contributed by atoms with Crippen LogP contribution in [0, 0.1) is 5.92 Å². The zero-order chi connectivity index (χ0) is 15.2. The SMILES string of the molecule is CC.CCC(C)(c1ccccc1C1NC=CN1)C(C)C. The summed E-state index contributed by atoms with van der Waals surface area (Å²) in [6, 6.07) is 8.78. The average Bonchev–Trinajstić information content (AvgIpc) is 3.02. The van der Waals surface area contributed by atoms with Gasteiger partial charge in [0.2, 0.25) is 0 Å². The average molecular weight is 274 g/mol. The van der Waals surface area contributed by atoms with E-state index in [4.69, 9.17) is 0 Å². The molecule has 0 bridgehead atoms. The van der Waals surface area contributed by atoms with Gasteiger partial charge in [-0.1, -0.05) is 65.8 Å². The van der Waals surface area contributed by atoms with E-state index < -0.39 is 0 Å². The maximum Gasteiger partial charge on any atom is 0.123 e. The Balaban J connectivity index is 0.000000956. The summed E-state index contributed by atoms with van der Waals surface area (Å²) in [7, 11) is 0. The van der Waals surface area contributed by atoms with Crippen LogP contribution in [0.1, 0.15) is 65.3 Å². The normalized spacial score (nSPS) is 16.9. The fourth-order valence-corrected chi connectivity index (χ4v) is 2.69. The van der Waals surface area contributed by atoms with E-state index in [1.54, 1.807) is 0 Å². The highest BCUT2D eigenvalue weighted by atomic mass is 15.1. The molecule has 1 aromatic carbocycles. The van der Waals surface area contributed by atoms with Crippen LogP contribution in [-0.4, -0.2) is 0 Å². The standard InChI is InChI=1S/C16H24N2.C2H6/c1-5-16(4,12(2)3)14-9-7-6-8-13(14)15-17-10-11-18-15;1-2/h6-12,15,17-18H,5H2,1-4H3;1-2H3. The van der Waals surface area contributed by atoms with Crippen molar-refractivity contribution in [3.8, 4) is 0 Å². The van der Waals surface area contributed by atoms with E-state index in [0.29, 0.717) is 5.92 Å². The molecule has 0 aliphatic carbocycles. The monoisotopic (exact) mass is 274 g/mol. The first-order valence-corrected chi connectivity index (χ1v) is 7.86. The molecule has 2 N–H and O–H groups in total. The first-order chi connectivity index (χ1) is 9.59. The quantitative estimate of drug-likeness (QED) is 0.831. The van der Waals surface area contributed by atoms with E-state index in [2.05, 4.69) is 62.6 Å². The van der Waals surface area contributed by atoms with Crippen molar-refractivity contribution >= 4 is 0 Å². The van der Waals surface area contributed by atoms with Crippen LogP contribution in [0.25, 0.3) is 0 Å². The highest BCUT2D eigenvalue weighted by Gasteiger charge is 2.32. The lowest BCUT2D eigenvalue weighted by Crippen LogP contribution is -2.32. The van der Waals surface area contributed by atoms with Gasteiger partial charge in [-0.25, -0.2) is 0 Å². The van der Waals surface area contributed by atoms with Gasteiger partial charge in [0.05, 0.1) is 0 Å². The fraction of sp³-hybridized carbons (Fsp3) is 0.556. The summed E-state index contributed by atoms with van der Waals surface area (Å²) in [6.45, 7) is 13.3. The molecule has 0 aromatic heterocycles. The Bertz CT molecular complexity index is 429. The Labute approximate surface area is 124 Å². The third-order valence-electron chi connectivity index (χ3n) is 4.50. The molecule has 112 valence electrons. The summed E-state index contributed by atoms with van der Waals surface area (Å²) in [6.07, 6.45) is 5.31. The largest absolute Gasteiger partial charge is 0.366 e. The Morgan fingerprint density at radius 3 is 2.15 bits per heavy atom. The molecule has 2 rings (SSSR count). The molecule has 0 fully saturated rings. The van der Waals surface area contributed by atoms with Crippen LogP contribution in [0.2, 0.25) is 0 Å². The molecule has 1 atom stereocenters. The van der Waals surface area contributed by atoms with Gasteiger partial charge in [-0.3, -0.25) is 0 Å². The number of rotatable bonds is 4. The molecule has 0 saturated heterocycles. The molecule has 1 aromatic rings. The molecule has 0 spiro atoms. The Kier molecular flexibility index (Phi) is 6.12. The molecule has 1 unspecified atom stereocenters. The van der Waals surface area contributed by atoms with Gasteiger partial charge >= 0.3 is 0 Å². The van der Waals surface area contributed by atoms with Crippen molar-refractivity contribution in [2.24, 2.45) is 5.92 Å². The summed E-state index contributed by atoms with van der Waals surface area (Å²) in [4.78, 5) is 0. The highest BCUT2D eigenvalue weighted by molar-refractivity contribution is 5.37. The lowest BCUT2D eigenvalue weighted by Gasteiger charge is -2.36. The fourth-order valence-electron chi connectivity index (χ4n) is 2.69. The number of benzene rings is 1. The van der Waals surface area contributed by atoms with Crippen LogP contribution >= 0.6 is 0 Å². The van der Waals surface area contributed by atoms with Crippen LogP contribution in [0.15, 0.2) is 36.7 Å². The lowest BCUT2D eigenvalue weighted by molar-refractivity contribution is 0.321. The number of nitrogens with one attached hydrogen (secondary N) is 2. The highest BCUT2D eigenvalue weighted by Crippen LogP contribution is 2.38. The van der Waals surface area contributed by atoms with Crippen LogP contribution in [-0.2, 0) is 5.41 Å². The Morgan fingerprint density at radius 1 is 1.10 bits per heavy atom. The molecule has 0 radical (unpaired) electrons. The van der Waals surface area contributed by atoms with Gasteiger partial charge in [-0.15, -0.1) is 0 Å². The van der Waals surface area contributed by atoms with Crippen molar-refractivity contribution in [1.29, 1.82) is 0 Å². The van der Waals surface area contributed by atoms with Crippen molar-refractivity contribution < 1.29 is 0 Å².